The summed E-state index contributed by atoms with van der Waals surface area (Å²) in [6.45, 7) is 6.62. The molecule has 0 unspecified atom stereocenters. The lowest BCUT2D eigenvalue weighted by molar-refractivity contribution is 0.0940. The number of pyridine rings is 1. The van der Waals surface area contributed by atoms with Crippen molar-refractivity contribution < 1.29 is 9.53 Å². The second-order valence-electron chi connectivity index (χ2n) is 7.49. The monoisotopic (exact) mass is 418 g/mol. The van der Waals surface area contributed by atoms with Gasteiger partial charge in [0.2, 0.25) is 0 Å². The van der Waals surface area contributed by atoms with Gasteiger partial charge in [-0.05, 0) is 45.0 Å². The number of aromatic nitrogens is 5. The number of fused-ring (bicyclic) bond motifs is 1. The molecule has 0 saturated heterocycles. The van der Waals surface area contributed by atoms with E-state index >= 15 is 0 Å². The van der Waals surface area contributed by atoms with Gasteiger partial charge >= 0.3 is 0 Å². The molecule has 1 N–H and O–H groups in total. The summed E-state index contributed by atoms with van der Waals surface area (Å²) in [5, 5.41) is 12.8. The van der Waals surface area contributed by atoms with Crippen LogP contribution in [0.1, 0.15) is 41.6 Å². The molecule has 0 aliphatic rings. The standard InChI is InChI=1S/C23H26N6O2/c1-6-29-11-10-19(27-29)14(2)24-23(30)18-13-20(16-8-7-9-17(12-16)31-5)25-22-21(18)15(3)26-28(22)4/h7-14H,6H2,1-5H3,(H,24,30)/t14-/m1/s1. The molecule has 4 rings (SSSR count). The molecule has 8 nitrogen and oxygen atoms in total. The number of hydrogen-bond donors (Lipinski definition) is 1. The fourth-order valence-corrected chi connectivity index (χ4v) is 3.69. The third-order valence-electron chi connectivity index (χ3n) is 5.36. The predicted molar refractivity (Wildman–Crippen MR) is 119 cm³/mol. The topological polar surface area (TPSA) is 86.9 Å². The zero-order valence-electron chi connectivity index (χ0n) is 18.4. The van der Waals surface area contributed by atoms with E-state index in [1.165, 1.54) is 0 Å². The zero-order valence-corrected chi connectivity index (χ0v) is 18.4. The largest absolute Gasteiger partial charge is 0.497 e. The van der Waals surface area contributed by atoms with E-state index < -0.39 is 0 Å². The maximum Gasteiger partial charge on any atom is 0.252 e. The maximum atomic E-state index is 13.4. The molecule has 160 valence electrons. The lowest BCUT2D eigenvalue weighted by atomic mass is 10.0. The van der Waals surface area contributed by atoms with Crippen LogP contribution in [-0.2, 0) is 13.6 Å². The Morgan fingerprint density at radius 2 is 2.03 bits per heavy atom. The number of methoxy groups -OCH3 is 1. The minimum absolute atomic E-state index is 0.189. The van der Waals surface area contributed by atoms with E-state index in [1.54, 1.807) is 11.8 Å². The second kappa shape index (κ2) is 8.22. The number of nitrogens with zero attached hydrogens (tertiary/aromatic N) is 5. The highest BCUT2D eigenvalue weighted by Gasteiger charge is 2.21. The average Bonchev–Trinajstić information content (AvgIpc) is 3.38. The molecule has 0 radical (unpaired) electrons. The van der Waals surface area contributed by atoms with Crippen molar-refractivity contribution in [3.05, 3.63) is 59.5 Å². The molecule has 3 heterocycles. The quantitative estimate of drug-likeness (QED) is 0.516. The van der Waals surface area contributed by atoms with Crippen LogP contribution in [0, 0.1) is 6.92 Å². The van der Waals surface area contributed by atoms with Crippen LogP contribution in [0.5, 0.6) is 5.75 Å². The van der Waals surface area contributed by atoms with Gasteiger partial charge < -0.3 is 10.1 Å². The van der Waals surface area contributed by atoms with Crippen LogP contribution in [0.25, 0.3) is 22.3 Å². The van der Waals surface area contributed by atoms with Gasteiger partial charge in [-0.2, -0.15) is 10.2 Å². The number of aryl methyl sites for hydroxylation is 3. The number of rotatable bonds is 6. The first-order valence-electron chi connectivity index (χ1n) is 10.2. The van der Waals surface area contributed by atoms with E-state index in [-0.39, 0.29) is 11.9 Å². The number of carbonyl (C=O) groups excluding carboxylic acids is 1. The zero-order chi connectivity index (χ0) is 22.1. The lowest BCUT2D eigenvalue weighted by Gasteiger charge is -2.14. The predicted octanol–water partition coefficient (Wildman–Crippen LogP) is 3.66. The highest BCUT2D eigenvalue weighted by molar-refractivity contribution is 6.07. The highest BCUT2D eigenvalue weighted by Crippen LogP contribution is 2.29. The van der Waals surface area contributed by atoms with E-state index in [1.807, 2.05) is 75.1 Å². The van der Waals surface area contributed by atoms with Gasteiger partial charge in [0.15, 0.2) is 5.65 Å². The highest BCUT2D eigenvalue weighted by atomic mass is 16.5. The number of carbonyl (C=O) groups is 1. The van der Waals surface area contributed by atoms with Crippen molar-refractivity contribution in [1.29, 1.82) is 0 Å². The molecular weight excluding hydrogens is 392 g/mol. The van der Waals surface area contributed by atoms with Gasteiger partial charge in [0, 0.05) is 25.4 Å². The molecule has 0 spiro atoms. The van der Waals surface area contributed by atoms with Crippen LogP contribution in [0.15, 0.2) is 42.6 Å². The maximum absolute atomic E-state index is 13.4. The fourth-order valence-electron chi connectivity index (χ4n) is 3.69. The first-order chi connectivity index (χ1) is 14.9. The molecule has 0 aliphatic carbocycles. The van der Waals surface area contributed by atoms with E-state index in [0.29, 0.717) is 16.9 Å². The molecule has 1 atom stereocenters. The van der Waals surface area contributed by atoms with Crippen LogP contribution in [-0.4, -0.2) is 37.6 Å². The molecule has 4 aromatic rings. The average molecular weight is 419 g/mol. The van der Waals surface area contributed by atoms with Gasteiger partial charge in [-0.1, -0.05) is 12.1 Å². The van der Waals surface area contributed by atoms with E-state index in [2.05, 4.69) is 15.5 Å². The Kier molecular flexibility index (Phi) is 5.46. The molecular formula is C23H26N6O2. The van der Waals surface area contributed by atoms with Gasteiger partial charge in [0.1, 0.15) is 5.75 Å². The minimum atomic E-state index is -0.235. The SMILES string of the molecule is CCn1ccc([C@@H](C)NC(=O)c2cc(-c3cccc(OC)c3)nc3c2c(C)nn3C)n1. The van der Waals surface area contributed by atoms with Crippen LogP contribution in [0.4, 0.5) is 0 Å². The normalized spacial score (nSPS) is 12.2. The Balaban J connectivity index is 1.77. The molecule has 8 heteroatoms. The Labute approximate surface area is 180 Å². The molecule has 31 heavy (non-hydrogen) atoms. The van der Waals surface area contributed by atoms with Crippen molar-refractivity contribution in [3.8, 4) is 17.0 Å². The van der Waals surface area contributed by atoms with E-state index in [4.69, 9.17) is 9.72 Å². The number of ether oxygens (including phenoxy) is 1. The number of benzene rings is 1. The molecule has 0 bridgehead atoms. The van der Waals surface area contributed by atoms with E-state index in [0.717, 1.165) is 34.6 Å². The summed E-state index contributed by atoms with van der Waals surface area (Å²) in [6, 6.07) is 11.1. The summed E-state index contributed by atoms with van der Waals surface area (Å²) in [4.78, 5) is 18.1. The van der Waals surface area contributed by atoms with Gasteiger partial charge in [-0.3, -0.25) is 14.2 Å². The van der Waals surface area contributed by atoms with Gasteiger partial charge in [0.25, 0.3) is 5.91 Å². The summed E-state index contributed by atoms with van der Waals surface area (Å²) >= 11 is 0. The summed E-state index contributed by atoms with van der Waals surface area (Å²) in [6.07, 6.45) is 1.91. The summed E-state index contributed by atoms with van der Waals surface area (Å²) in [7, 11) is 3.46. The Hall–Kier alpha value is -3.68. The molecule has 0 aliphatic heterocycles. The first-order valence-corrected chi connectivity index (χ1v) is 10.2. The van der Waals surface area contributed by atoms with Crippen molar-refractivity contribution in [2.45, 2.75) is 33.4 Å². The summed E-state index contributed by atoms with van der Waals surface area (Å²) < 4.78 is 8.90. The third-order valence-corrected chi connectivity index (χ3v) is 5.36. The molecule has 1 amide bonds. The van der Waals surface area contributed by atoms with Crippen molar-refractivity contribution >= 4 is 16.9 Å². The molecule has 0 saturated carbocycles. The summed E-state index contributed by atoms with van der Waals surface area (Å²) in [5.74, 6) is 0.540. The van der Waals surface area contributed by atoms with Gasteiger partial charge in [-0.25, -0.2) is 4.98 Å². The van der Waals surface area contributed by atoms with Crippen LogP contribution in [0.2, 0.25) is 0 Å². The van der Waals surface area contributed by atoms with E-state index in [9.17, 15) is 4.79 Å². The molecule has 0 fully saturated rings. The van der Waals surface area contributed by atoms with Crippen molar-refractivity contribution in [1.82, 2.24) is 29.9 Å². The van der Waals surface area contributed by atoms with Crippen molar-refractivity contribution in [2.75, 3.05) is 7.11 Å². The fraction of sp³-hybridized carbons (Fsp3) is 0.304. The van der Waals surface area contributed by atoms with Gasteiger partial charge in [0.05, 0.1) is 41.2 Å². The van der Waals surface area contributed by atoms with Crippen LogP contribution in [0.3, 0.4) is 0 Å². The first kappa shape index (κ1) is 20.6. The van der Waals surface area contributed by atoms with Crippen LogP contribution < -0.4 is 10.1 Å². The second-order valence-corrected chi connectivity index (χ2v) is 7.49. The van der Waals surface area contributed by atoms with Gasteiger partial charge in [-0.15, -0.1) is 0 Å². The van der Waals surface area contributed by atoms with Crippen molar-refractivity contribution in [3.63, 3.8) is 0 Å². The number of amides is 1. The molecule has 3 aromatic heterocycles. The lowest BCUT2D eigenvalue weighted by Crippen LogP contribution is -2.27. The summed E-state index contributed by atoms with van der Waals surface area (Å²) in [5.41, 5.74) is 4.32. The smallest absolute Gasteiger partial charge is 0.252 e. The molecule has 1 aromatic carbocycles. The third kappa shape index (κ3) is 3.88. The Morgan fingerprint density at radius 3 is 2.74 bits per heavy atom. The number of hydrogen-bond acceptors (Lipinski definition) is 5. The minimum Gasteiger partial charge on any atom is -0.497 e. The number of nitrogens with one attached hydrogen (secondary N) is 1. The Morgan fingerprint density at radius 1 is 1.23 bits per heavy atom. The van der Waals surface area contributed by atoms with Crippen LogP contribution >= 0.6 is 0 Å². The van der Waals surface area contributed by atoms with Crippen molar-refractivity contribution in [2.24, 2.45) is 7.05 Å². The Bertz CT molecular complexity index is 1260.